The second-order valence-electron chi connectivity index (χ2n) is 2.94. The van der Waals surface area contributed by atoms with Crippen LogP contribution in [0.25, 0.3) is 0 Å². The van der Waals surface area contributed by atoms with Crippen molar-refractivity contribution >= 4 is 0 Å². The number of methoxy groups -OCH3 is 2. The van der Waals surface area contributed by atoms with E-state index in [2.05, 4.69) is 13.0 Å². The minimum Gasteiger partial charge on any atom is -0.493 e. The van der Waals surface area contributed by atoms with E-state index in [0.29, 0.717) is 0 Å². The molecule has 2 nitrogen and oxygen atoms in total. The minimum absolute atomic E-state index is 0.794. The Kier molecular flexibility index (Phi) is 3.62. The largest absolute Gasteiger partial charge is 0.493 e. The molecule has 0 saturated carbocycles. The number of aryl methyl sites for hydroxylation is 1. The molecule has 2 heteroatoms. The Morgan fingerprint density at radius 2 is 1.77 bits per heavy atom. The van der Waals surface area contributed by atoms with Crippen LogP contribution >= 0.6 is 0 Å². The zero-order valence-electron chi connectivity index (χ0n) is 8.46. The van der Waals surface area contributed by atoms with E-state index < -0.39 is 0 Å². The summed E-state index contributed by atoms with van der Waals surface area (Å²) in [7, 11) is 3.31. The molecule has 1 aromatic carbocycles. The van der Waals surface area contributed by atoms with Crippen LogP contribution in [0.1, 0.15) is 18.9 Å². The third kappa shape index (κ3) is 2.38. The molecule has 0 aliphatic heterocycles. The fraction of sp³-hybridized carbons (Fsp3) is 0.455. The van der Waals surface area contributed by atoms with Crippen LogP contribution in [0, 0.1) is 0 Å². The molecule has 1 aromatic rings. The summed E-state index contributed by atoms with van der Waals surface area (Å²) < 4.78 is 10.3. The standard InChI is InChI=1S/C11H16O2/c1-4-5-9-6-7-10(12-2)11(8-9)13-3/h6-8H,4-5H2,1-3H3. The van der Waals surface area contributed by atoms with Crippen molar-refractivity contribution in [1.82, 2.24) is 0 Å². The lowest BCUT2D eigenvalue weighted by Crippen LogP contribution is -1.92. The van der Waals surface area contributed by atoms with Gasteiger partial charge in [-0.25, -0.2) is 0 Å². The fourth-order valence-corrected chi connectivity index (χ4v) is 1.32. The molecule has 0 aliphatic rings. The van der Waals surface area contributed by atoms with E-state index in [1.807, 2.05) is 12.1 Å². The van der Waals surface area contributed by atoms with Gasteiger partial charge in [-0.15, -0.1) is 0 Å². The van der Waals surface area contributed by atoms with Gasteiger partial charge in [-0.2, -0.15) is 0 Å². The van der Waals surface area contributed by atoms with Crippen LogP contribution in [0.3, 0.4) is 0 Å². The molecule has 1 rings (SSSR count). The molecule has 0 aliphatic carbocycles. The molecule has 13 heavy (non-hydrogen) atoms. The normalized spacial score (nSPS) is 9.77. The molecule has 0 fully saturated rings. The van der Waals surface area contributed by atoms with E-state index in [9.17, 15) is 0 Å². The smallest absolute Gasteiger partial charge is 0.160 e. The number of hydrogen-bond acceptors (Lipinski definition) is 2. The molecule has 0 saturated heterocycles. The van der Waals surface area contributed by atoms with E-state index in [0.717, 1.165) is 24.3 Å². The Morgan fingerprint density at radius 3 is 2.31 bits per heavy atom. The number of rotatable bonds is 4. The van der Waals surface area contributed by atoms with Crippen molar-refractivity contribution in [3.8, 4) is 11.5 Å². The molecule has 0 atom stereocenters. The Morgan fingerprint density at radius 1 is 1.08 bits per heavy atom. The highest BCUT2D eigenvalue weighted by molar-refractivity contribution is 5.42. The van der Waals surface area contributed by atoms with Gasteiger partial charge in [0.15, 0.2) is 11.5 Å². The van der Waals surface area contributed by atoms with Crippen molar-refractivity contribution in [2.24, 2.45) is 0 Å². The maximum absolute atomic E-state index is 5.20. The van der Waals surface area contributed by atoms with Crippen LogP contribution in [0.2, 0.25) is 0 Å². The quantitative estimate of drug-likeness (QED) is 0.709. The monoisotopic (exact) mass is 180 g/mol. The number of benzene rings is 1. The Balaban J connectivity index is 2.91. The van der Waals surface area contributed by atoms with Crippen LogP contribution in [-0.2, 0) is 6.42 Å². The van der Waals surface area contributed by atoms with Gasteiger partial charge < -0.3 is 9.47 Å². The van der Waals surface area contributed by atoms with Gasteiger partial charge in [0.1, 0.15) is 0 Å². The summed E-state index contributed by atoms with van der Waals surface area (Å²) >= 11 is 0. The van der Waals surface area contributed by atoms with Crippen LogP contribution in [0.15, 0.2) is 18.2 Å². The van der Waals surface area contributed by atoms with Gasteiger partial charge in [0, 0.05) is 0 Å². The van der Waals surface area contributed by atoms with Crippen LogP contribution in [-0.4, -0.2) is 14.2 Å². The Labute approximate surface area is 79.5 Å². The zero-order valence-corrected chi connectivity index (χ0v) is 8.46. The summed E-state index contributed by atoms with van der Waals surface area (Å²) in [5.41, 5.74) is 1.29. The third-order valence-corrected chi connectivity index (χ3v) is 1.99. The van der Waals surface area contributed by atoms with Crippen molar-refractivity contribution in [2.45, 2.75) is 19.8 Å². The molecule has 0 unspecified atom stereocenters. The predicted octanol–water partition coefficient (Wildman–Crippen LogP) is 2.66. The Hall–Kier alpha value is -1.18. The second kappa shape index (κ2) is 4.75. The van der Waals surface area contributed by atoms with Gasteiger partial charge in [0.2, 0.25) is 0 Å². The average molecular weight is 180 g/mol. The molecule has 0 amide bonds. The van der Waals surface area contributed by atoms with Gasteiger partial charge >= 0.3 is 0 Å². The molecule has 0 heterocycles. The summed E-state index contributed by atoms with van der Waals surface area (Å²) in [6.45, 7) is 2.16. The van der Waals surface area contributed by atoms with E-state index in [1.165, 1.54) is 5.56 Å². The molecule has 0 aromatic heterocycles. The molecule has 0 bridgehead atoms. The highest BCUT2D eigenvalue weighted by atomic mass is 16.5. The topological polar surface area (TPSA) is 18.5 Å². The van der Waals surface area contributed by atoms with Crippen molar-refractivity contribution in [3.05, 3.63) is 23.8 Å². The van der Waals surface area contributed by atoms with Gasteiger partial charge in [-0.1, -0.05) is 19.4 Å². The zero-order chi connectivity index (χ0) is 9.68. The lowest BCUT2D eigenvalue weighted by atomic mass is 10.1. The lowest BCUT2D eigenvalue weighted by Gasteiger charge is -2.08. The van der Waals surface area contributed by atoms with Crippen LogP contribution in [0.5, 0.6) is 11.5 Å². The highest BCUT2D eigenvalue weighted by Gasteiger charge is 2.02. The maximum atomic E-state index is 5.20. The summed E-state index contributed by atoms with van der Waals surface area (Å²) in [6.07, 6.45) is 2.23. The summed E-state index contributed by atoms with van der Waals surface area (Å²) in [4.78, 5) is 0. The molecule has 0 spiro atoms. The summed E-state index contributed by atoms with van der Waals surface area (Å²) in [6, 6.07) is 6.05. The molecule has 72 valence electrons. The first kappa shape index (κ1) is 9.90. The molecular formula is C11H16O2. The Bertz CT molecular complexity index is 269. The highest BCUT2D eigenvalue weighted by Crippen LogP contribution is 2.27. The second-order valence-corrected chi connectivity index (χ2v) is 2.94. The SMILES string of the molecule is CCCc1ccc(OC)c(OC)c1. The first-order chi connectivity index (χ1) is 6.31. The number of ether oxygens (including phenoxy) is 2. The van der Waals surface area contributed by atoms with Gasteiger partial charge in [-0.3, -0.25) is 0 Å². The average Bonchev–Trinajstić information content (AvgIpc) is 2.18. The van der Waals surface area contributed by atoms with Gasteiger partial charge in [0.25, 0.3) is 0 Å². The minimum atomic E-state index is 0.794. The lowest BCUT2D eigenvalue weighted by molar-refractivity contribution is 0.354. The third-order valence-electron chi connectivity index (χ3n) is 1.99. The van der Waals surface area contributed by atoms with Crippen LogP contribution in [0.4, 0.5) is 0 Å². The van der Waals surface area contributed by atoms with E-state index in [-0.39, 0.29) is 0 Å². The van der Waals surface area contributed by atoms with Crippen LogP contribution < -0.4 is 9.47 Å². The predicted molar refractivity (Wildman–Crippen MR) is 53.5 cm³/mol. The van der Waals surface area contributed by atoms with Crippen molar-refractivity contribution in [1.29, 1.82) is 0 Å². The summed E-state index contributed by atoms with van der Waals surface area (Å²) in [5, 5.41) is 0. The van der Waals surface area contributed by atoms with E-state index >= 15 is 0 Å². The first-order valence-corrected chi connectivity index (χ1v) is 4.52. The van der Waals surface area contributed by atoms with Crippen molar-refractivity contribution in [2.75, 3.05) is 14.2 Å². The molecule has 0 N–H and O–H groups in total. The molecular weight excluding hydrogens is 164 g/mol. The first-order valence-electron chi connectivity index (χ1n) is 4.52. The van der Waals surface area contributed by atoms with Gasteiger partial charge in [0.05, 0.1) is 14.2 Å². The maximum Gasteiger partial charge on any atom is 0.160 e. The van der Waals surface area contributed by atoms with Crippen molar-refractivity contribution < 1.29 is 9.47 Å². The summed E-state index contributed by atoms with van der Waals surface area (Å²) in [5.74, 6) is 1.61. The van der Waals surface area contributed by atoms with Crippen molar-refractivity contribution in [3.63, 3.8) is 0 Å². The molecule has 0 radical (unpaired) electrons. The van der Waals surface area contributed by atoms with E-state index in [1.54, 1.807) is 14.2 Å². The fourth-order valence-electron chi connectivity index (χ4n) is 1.32. The van der Waals surface area contributed by atoms with E-state index in [4.69, 9.17) is 9.47 Å². The number of hydrogen-bond donors (Lipinski definition) is 0. The van der Waals surface area contributed by atoms with Gasteiger partial charge in [-0.05, 0) is 24.1 Å².